The first-order chi connectivity index (χ1) is 16.7. The van der Waals surface area contributed by atoms with Crippen molar-refractivity contribution in [2.45, 2.75) is 11.8 Å². The summed E-state index contributed by atoms with van der Waals surface area (Å²) in [6.45, 7) is 1.84. The van der Waals surface area contributed by atoms with Crippen molar-refractivity contribution in [3.63, 3.8) is 0 Å². The second kappa shape index (κ2) is 9.02. The summed E-state index contributed by atoms with van der Waals surface area (Å²) in [7, 11) is -2.67. The molecular weight excluding hydrogens is 472 g/mol. The number of fused-ring (bicyclic) bond motifs is 1. The lowest BCUT2D eigenvalue weighted by Crippen LogP contribution is -2.20. The zero-order valence-electron chi connectivity index (χ0n) is 18.5. The molecule has 0 atom stereocenters. The number of hydrogen-bond donors (Lipinski definition) is 3. The molecule has 35 heavy (non-hydrogen) atoms. The first-order valence-corrected chi connectivity index (χ1v) is 11.7. The molecular formula is C24H18N4O6S. The van der Waals surface area contributed by atoms with Crippen molar-refractivity contribution in [1.29, 1.82) is 5.26 Å². The molecule has 4 aromatic rings. The van der Waals surface area contributed by atoms with Gasteiger partial charge in [0.25, 0.3) is 5.91 Å². The maximum Gasteiger partial charge on any atom is 0.337 e. The number of nitrogens with one attached hydrogen (secondary N) is 2. The number of carboxylic acid groups (broad SMARTS) is 1. The summed E-state index contributed by atoms with van der Waals surface area (Å²) in [6, 6.07) is 15.6. The summed E-state index contributed by atoms with van der Waals surface area (Å²) in [6.07, 6.45) is 0. The van der Waals surface area contributed by atoms with Gasteiger partial charge in [0.05, 0.1) is 33.2 Å². The van der Waals surface area contributed by atoms with E-state index in [4.69, 9.17) is 9.78 Å². The van der Waals surface area contributed by atoms with E-state index in [1.165, 1.54) is 31.3 Å². The van der Waals surface area contributed by atoms with E-state index in [1.807, 2.05) is 25.1 Å². The summed E-state index contributed by atoms with van der Waals surface area (Å²) >= 11 is 0. The molecule has 0 bridgehead atoms. The topological polar surface area (TPSA) is 162 Å². The molecule has 1 aromatic heterocycles. The van der Waals surface area contributed by atoms with E-state index in [-0.39, 0.29) is 38.4 Å². The molecule has 0 radical (unpaired) electrons. The summed E-state index contributed by atoms with van der Waals surface area (Å²) in [5, 5.41) is 24.8. The third kappa shape index (κ3) is 4.35. The Morgan fingerprint density at radius 2 is 1.83 bits per heavy atom. The third-order valence-electron chi connectivity index (χ3n) is 5.41. The summed E-state index contributed by atoms with van der Waals surface area (Å²) in [5.74, 6) is -2.15. The smallest absolute Gasteiger partial charge is 0.337 e. The minimum absolute atomic E-state index is 0.0581. The second-order valence-electron chi connectivity index (χ2n) is 7.53. The highest BCUT2D eigenvalue weighted by Crippen LogP contribution is 2.35. The number of sulfonamides is 1. The molecule has 0 saturated carbocycles. The van der Waals surface area contributed by atoms with E-state index in [2.05, 4.69) is 15.2 Å². The molecule has 0 aliphatic carbocycles. The van der Waals surface area contributed by atoms with E-state index in [0.717, 1.165) is 11.6 Å². The van der Waals surface area contributed by atoms with Crippen LogP contribution in [0.2, 0.25) is 0 Å². The van der Waals surface area contributed by atoms with E-state index in [9.17, 15) is 23.1 Å². The molecule has 3 aromatic carbocycles. The molecule has 11 heteroatoms. The SMILES string of the molecule is CNS(=O)(=O)c1cc2c(C(=O)Nc3ccc(C#N)cc3C(=O)O)noc2cc1-c1ccccc1C. The van der Waals surface area contributed by atoms with Gasteiger partial charge in [0.1, 0.15) is 0 Å². The van der Waals surface area contributed by atoms with Crippen LogP contribution in [-0.2, 0) is 10.0 Å². The molecule has 0 unspecified atom stereocenters. The molecule has 0 saturated heterocycles. The zero-order valence-corrected chi connectivity index (χ0v) is 19.3. The first kappa shape index (κ1) is 23.6. The quantitative estimate of drug-likeness (QED) is 0.370. The van der Waals surface area contributed by atoms with Gasteiger partial charge in [0.2, 0.25) is 10.0 Å². The molecule has 0 aliphatic rings. The van der Waals surface area contributed by atoms with Gasteiger partial charge in [0.15, 0.2) is 11.3 Å². The van der Waals surface area contributed by atoms with Crippen molar-refractivity contribution < 1.29 is 27.6 Å². The van der Waals surface area contributed by atoms with Gasteiger partial charge in [-0.15, -0.1) is 0 Å². The number of carbonyl (C=O) groups excluding carboxylic acids is 1. The van der Waals surface area contributed by atoms with Crippen LogP contribution in [0.1, 0.15) is 32.0 Å². The van der Waals surface area contributed by atoms with Crippen LogP contribution in [0.3, 0.4) is 0 Å². The Morgan fingerprint density at radius 3 is 2.49 bits per heavy atom. The normalized spacial score (nSPS) is 11.2. The number of nitrogens with zero attached hydrogens (tertiary/aromatic N) is 2. The molecule has 0 aliphatic heterocycles. The van der Waals surface area contributed by atoms with Crippen LogP contribution < -0.4 is 10.0 Å². The first-order valence-electron chi connectivity index (χ1n) is 10.2. The third-order valence-corrected chi connectivity index (χ3v) is 6.86. The Bertz CT molecular complexity index is 1650. The van der Waals surface area contributed by atoms with Gasteiger partial charge in [-0.05, 0) is 55.4 Å². The predicted octanol–water partition coefficient (Wildman–Crippen LogP) is 3.53. The van der Waals surface area contributed by atoms with Crippen LogP contribution in [0.15, 0.2) is 64.0 Å². The van der Waals surface area contributed by atoms with Crippen LogP contribution >= 0.6 is 0 Å². The number of carbonyl (C=O) groups is 2. The van der Waals surface area contributed by atoms with Gasteiger partial charge in [-0.2, -0.15) is 5.26 Å². The van der Waals surface area contributed by atoms with E-state index >= 15 is 0 Å². The van der Waals surface area contributed by atoms with Crippen molar-refractivity contribution in [1.82, 2.24) is 9.88 Å². The van der Waals surface area contributed by atoms with E-state index < -0.39 is 21.9 Å². The Kier molecular flexibility index (Phi) is 6.09. The van der Waals surface area contributed by atoms with Crippen LogP contribution in [-0.4, -0.2) is 37.6 Å². The number of aryl methyl sites for hydroxylation is 1. The average molecular weight is 490 g/mol. The Hall–Kier alpha value is -4.53. The predicted molar refractivity (Wildman–Crippen MR) is 126 cm³/mol. The summed E-state index contributed by atoms with van der Waals surface area (Å²) in [4.78, 5) is 24.5. The fourth-order valence-corrected chi connectivity index (χ4v) is 4.58. The average Bonchev–Trinajstić information content (AvgIpc) is 3.27. The fraction of sp³-hybridized carbons (Fsp3) is 0.0833. The highest BCUT2D eigenvalue weighted by atomic mass is 32.2. The van der Waals surface area contributed by atoms with Gasteiger partial charge in [-0.25, -0.2) is 17.9 Å². The van der Waals surface area contributed by atoms with Crippen molar-refractivity contribution >= 4 is 38.6 Å². The molecule has 4 rings (SSSR count). The Balaban J connectivity index is 1.85. The van der Waals surface area contributed by atoms with Crippen molar-refractivity contribution in [2.75, 3.05) is 12.4 Å². The van der Waals surface area contributed by atoms with Crippen LogP contribution in [0, 0.1) is 18.3 Å². The van der Waals surface area contributed by atoms with Gasteiger partial charge in [-0.3, -0.25) is 4.79 Å². The number of nitriles is 1. The number of benzene rings is 3. The number of hydrogen-bond acceptors (Lipinski definition) is 7. The highest BCUT2D eigenvalue weighted by molar-refractivity contribution is 7.89. The molecule has 0 fully saturated rings. The zero-order chi connectivity index (χ0) is 25.3. The maximum absolute atomic E-state index is 13.0. The summed E-state index contributed by atoms with van der Waals surface area (Å²) in [5.41, 5.74) is 1.56. The number of aromatic carboxylic acids is 1. The lowest BCUT2D eigenvalue weighted by Gasteiger charge is -2.12. The Morgan fingerprint density at radius 1 is 1.09 bits per heavy atom. The van der Waals surface area contributed by atoms with Gasteiger partial charge < -0.3 is 14.9 Å². The molecule has 3 N–H and O–H groups in total. The fourth-order valence-electron chi connectivity index (χ4n) is 3.63. The minimum atomic E-state index is -3.95. The Labute approximate surface area is 199 Å². The number of carboxylic acids is 1. The maximum atomic E-state index is 13.0. The highest BCUT2D eigenvalue weighted by Gasteiger charge is 2.25. The molecule has 0 spiro atoms. The summed E-state index contributed by atoms with van der Waals surface area (Å²) < 4.78 is 33.4. The minimum Gasteiger partial charge on any atom is -0.478 e. The van der Waals surface area contributed by atoms with Gasteiger partial charge >= 0.3 is 5.97 Å². The number of rotatable bonds is 6. The number of anilines is 1. The molecule has 10 nitrogen and oxygen atoms in total. The molecule has 176 valence electrons. The number of aromatic nitrogens is 1. The van der Waals surface area contributed by atoms with E-state index in [0.29, 0.717) is 11.1 Å². The lowest BCUT2D eigenvalue weighted by molar-refractivity contribution is 0.0698. The van der Waals surface area contributed by atoms with Crippen molar-refractivity contribution in [3.05, 3.63) is 77.0 Å². The largest absolute Gasteiger partial charge is 0.478 e. The lowest BCUT2D eigenvalue weighted by atomic mass is 9.99. The van der Waals surface area contributed by atoms with Gasteiger partial charge in [0, 0.05) is 5.56 Å². The van der Waals surface area contributed by atoms with Crippen molar-refractivity contribution in [2.24, 2.45) is 0 Å². The van der Waals surface area contributed by atoms with Gasteiger partial charge in [-0.1, -0.05) is 29.4 Å². The number of amides is 1. The van der Waals surface area contributed by atoms with Crippen LogP contribution in [0.4, 0.5) is 5.69 Å². The standard InChI is InChI=1S/C24H18N4O6S/c1-13-5-3-4-6-15(13)16-10-20-18(11-21(16)35(32,33)26-2)22(28-34-20)23(29)27-19-8-7-14(12-25)9-17(19)24(30)31/h3-11,26H,1-2H3,(H,27,29)(H,30,31). The van der Waals surface area contributed by atoms with Crippen molar-refractivity contribution in [3.8, 4) is 17.2 Å². The molecule has 1 amide bonds. The van der Waals surface area contributed by atoms with Crippen LogP contribution in [0.5, 0.6) is 0 Å². The van der Waals surface area contributed by atoms with Crippen LogP contribution in [0.25, 0.3) is 22.1 Å². The second-order valence-corrected chi connectivity index (χ2v) is 9.38. The van der Waals surface area contributed by atoms with E-state index in [1.54, 1.807) is 12.1 Å². The monoisotopic (exact) mass is 490 g/mol. The molecule has 1 heterocycles.